The summed E-state index contributed by atoms with van der Waals surface area (Å²) in [5.41, 5.74) is 3.65. The molecule has 4 rings (SSSR count). The maximum atomic E-state index is 13.3. The fourth-order valence-electron chi connectivity index (χ4n) is 4.46. The Bertz CT molecular complexity index is 1340. The molecule has 2 heterocycles. The van der Waals surface area contributed by atoms with Crippen LogP contribution in [0, 0.1) is 32.5 Å². The van der Waals surface area contributed by atoms with Gasteiger partial charge in [-0.2, -0.15) is 9.40 Å². The highest BCUT2D eigenvalue weighted by Gasteiger charge is 2.33. The Balaban J connectivity index is 1.49. The zero-order chi connectivity index (χ0) is 25.3. The predicted molar refractivity (Wildman–Crippen MR) is 133 cm³/mol. The lowest BCUT2D eigenvalue weighted by molar-refractivity contribution is 0.102. The van der Waals surface area contributed by atoms with Gasteiger partial charge in [-0.25, -0.2) is 12.8 Å². The molecule has 0 aliphatic carbocycles. The van der Waals surface area contributed by atoms with E-state index in [9.17, 15) is 17.6 Å². The van der Waals surface area contributed by atoms with Crippen molar-refractivity contribution in [3.05, 3.63) is 76.4 Å². The van der Waals surface area contributed by atoms with Gasteiger partial charge in [0.25, 0.3) is 5.91 Å². The molecule has 1 amide bonds. The lowest BCUT2D eigenvalue weighted by Gasteiger charge is -2.29. The molecule has 0 unspecified atom stereocenters. The number of amides is 1. The van der Waals surface area contributed by atoms with E-state index >= 15 is 0 Å². The van der Waals surface area contributed by atoms with Crippen molar-refractivity contribution in [2.24, 2.45) is 5.92 Å². The zero-order valence-corrected chi connectivity index (χ0v) is 21.3. The Labute approximate surface area is 206 Å². The average molecular weight is 499 g/mol. The van der Waals surface area contributed by atoms with Gasteiger partial charge in [0.05, 0.1) is 17.9 Å². The zero-order valence-electron chi connectivity index (χ0n) is 20.5. The third-order valence-corrected chi connectivity index (χ3v) is 8.79. The Kier molecular flexibility index (Phi) is 7.10. The second-order valence-corrected chi connectivity index (χ2v) is 11.2. The summed E-state index contributed by atoms with van der Waals surface area (Å²) in [5, 5.41) is 7.31. The number of benzene rings is 2. The van der Waals surface area contributed by atoms with E-state index in [-0.39, 0.29) is 16.6 Å². The van der Waals surface area contributed by atoms with E-state index < -0.39 is 10.0 Å². The van der Waals surface area contributed by atoms with Crippen LogP contribution in [0.25, 0.3) is 0 Å². The van der Waals surface area contributed by atoms with Crippen molar-refractivity contribution in [2.45, 2.75) is 52.0 Å². The van der Waals surface area contributed by atoms with Crippen LogP contribution in [0.2, 0.25) is 0 Å². The number of rotatable bonds is 6. The number of carbonyl (C=O) groups is 1. The highest BCUT2D eigenvalue weighted by atomic mass is 32.2. The molecule has 0 atom stereocenters. The van der Waals surface area contributed by atoms with Gasteiger partial charge in [-0.05, 0) is 81.0 Å². The second-order valence-electron chi connectivity index (χ2n) is 9.35. The summed E-state index contributed by atoms with van der Waals surface area (Å²) in [7, 11) is -3.60. The van der Waals surface area contributed by atoms with Crippen LogP contribution in [-0.2, 0) is 16.6 Å². The molecule has 1 saturated heterocycles. The fourth-order valence-corrected chi connectivity index (χ4v) is 6.30. The fraction of sp³-hybridized carbons (Fsp3) is 0.385. The predicted octanol–water partition coefficient (Wildman–Crippen LogP) is 4.67. The smallest absolute Gasteiger partial charge is 0.255 e. The maximum absolute atomic E-state index is 13.3. The molecule has 9 heteroatoms. The van der Waals surface area contributed by atoms with Gasteiger partial charge in [0, 0.05) is 24.3 Å². The first-order valence-electron chi connectivity index (χ1n) is 11.8. The van der Waals surface area contributed by atoms with Crippen LogP contribution in [0.4, 0.5) is 10.1 Å². The largest absolute Gasteiger partial charge is 0.322 e. The maximum Gasteiger partial charge on any atom is 0.255 e. The van der Waals surface area contributed by atoms with E-state index in [1.54, 1.807) is 41.9 Å². The lowest BCUT2D eigenvalue weighted by Crippen LogP contribution is -2.38. The number of sulfonamides is 1. The number of nitrogens with zero attached hydrogens (tertiary/aromatic N) is 3. The van der Waals surface area contributed by atoms with Gasteiger partial charge in [-0.1, -0.05) is 19.1 Å². The third kappa shape index (κ3) is 5.31. The molecule has 0 bridgehead atoms. The minimum absolute atomic E-state index is 0.290. The molecule has 1 N–H and O–H groups in total. The van der Waals surface area contributed by atoms with E-state index in [1.807, 2.05) is 12.1 Å². The second kappa shape index (κ2) is 9.91. The number of aromatic nitrogens is 2. The molecule has 1 aliphatic rings. The number of piperidine rings is 1. The van der Waals surface area contributed by atoms with Gasteiger partial charge >= 0.3 is 0 Å². The molecular weight excluding hydrogens is 467 g/mol. The number of aryl methyl sites for hydroxylation is 2. The first kappa shape index (κ1) is 25.1. The summed E-state index contributed by atoms with van der Waals surface area (Å²) in [6.07, 6.45) is 1.73. The van der Waals surface area contributed by atoms with E-state index in [0.717, 1.165) is 18.4 Å². The van der Waals surface area contributed by atoms with Crippen molar-refractivity contribution < 1.29 is 17.6 Å². The normalized spacial score (nSPS) is 15.3. The number of carbonyl (C=O) groups excluding carboxylic acids is 1. The molecular formula is C26H31FN4O3S. The van der Waals surface area contributed by atoms with E-state index in [0.29, 0.717) is 53.8 Å². The molecule has 0 saturated carbocycles. The molecule has 1 fully saturated rings. The van der Waals surface area contributed by atoms with Gasteiger partial charge < -0.3 is 5.32 Å². The van der Waals surface area contributed by atoms with Crippen molar-refractivity contribution >= 4 is 21.6 Å². The molecule has 1 aliphatic heterocycles. The van der Waals surface area contributed by atoms with Gasteiger partial charge in [0.1, 0.15) is 10.7 Å². The van der Waals surface area contributed by atoms with Crippen LogP contribution < -0.4 is 5.32 Å². The van der Waals surface area contributed by atoms with Gasteiger partial charge in [-0.15, -0.1) is 0 Å². The highest BCUT2D eigenvalue weighted by Crippen LogP contribution is 2.28. The minimum atomic E-state index is -3.60. The number of halogens is 1. The minimum Gasteiger partial charge on any atom is -0.322 e. The summed E-state index contributed by atoms with van der Waals surface area (Å²) >= 11 is 0. The van der Waals surface area contributed by atoms with Crippen LogP contribution in [0.15, 0.2) is 47.4 Å². The molecule has 35 heavy (non-hydrogen) atoms. The Morgan fingerprint density at radius 1 is 1.09 bits per heavy atom. The van der Waals surface area contributed by atoms with E-state index in [2.05, 4.69) is 17.3 Å². The number of nitrogens with one attached hydrogen (secondary N) is 1. The van der Waals surface area contributed by atoms with Crippen LogP contribution in [0.5, 0.6) is 0 Å². The lowest BCUT2D eigenvalue weighted by atomic mass is 10.0. The van der Waals surface area contributed by atoms with Crippen LogP contribution >= 0.6 is 0 Å². The third-order valence-electron chi connectivity index (χ3n) is 6.64. The van der Waals surface area contributed by atoms with Gasteiger partial charge in [0.15, 0.2) is 0 Å². The first-order valence-corrected chi connectivity index (χ1v) is 13.2. The molecule has 2 aromatic carbocycles. The van der Waals surface area contributed by atoms with Crippen molar-refractivity contribution in [3.8, 4) is 0 Å². The molecule has 7 nitrogen and oxygen atoms in total. The van der Waals surface area contributed by atoms with Crippen LogP contribution in [0.1, 0.15) is 52.6 Å². The van der Waals surface area contributed by atoms with Gasteiger partial charge in [-0.3, -0.25) is 9.48 Å². The number of anilines is 1. The van der Waals surface area contributed by atoms with E-state index in [4.69, 9.17) is 0 Å². The summed E-state index contributed by atoms with van der Waals surface area (Å²) in [4.78, 5) is 12.9. The summed E-state index contributed by atoms with van der Waals surface area (Å²) in [6, 6.07) is 11.3. The number of hydrogen-bond acceptors (Lipinski definition) is 4. The van der Waals surface area contributed by atoms with Crippen molar-refractivity contribution in [2.75, 3.05) is 18.4 Å². The van der Waals surface area contributed by atoms with E-state index in [1.165, 1.54) is 18.2 Å². The molecule has 186 valence electrons. The van der Waals surface area contributed by atoms with Crippen molar-refractivity contribution in [1.29, 1.82) is 0 Å². The van der Waals surface area contributed by atoms with Crippen molar-refractivity contribution in [1.82, 2.24) is 14.1 Å². The number of hydrogen-bond donors (Lipinski definition) is 1. The summed E-state index contributed by atoms with van der Waals surface area (Å²) in [5.74, 6) is -0.103. The van der Waals surface area contributed by atoms with Gasteiger partial charge in [0.2, 0.25) is 10.0 Å². The average Bonchev–Trinajstić information content (AvgIpc) is 3.09. The summed E-state index contributed by atoms with van der Waals surface area (Å²) in [6.45, 7) is 8.86. The Hall–Kier alpha value is -3.04. The first-order chi connectivity index (χ1) is 16.6. The Morgan fingerprint density at radius 2 is 1.74 bits per heavy atom. The Morgan fingerprint density at radius 3 is 2.37 bits per heavy atom. The highest BCUT2D eigenvalue weighted by molar-refractivity contribution is 7.89. The summed E-state index contributed by atoms with van der Waals surface area (Å²) < 4.78 is 43.2. The molecule has 0 radical (unpaired) electrons. The van der Waals surface area contributed by atoms with Crippen molar-refractivity contribution in [3.63, 3.8) is 0 Å². The quantitative estimate of drug-likeness (QED) is 0.535. The molecule has 0 spiro atoms. The molecule has 1 aromatic heterocycles. The standard InChI is InChI=1S/C26H31FN4O3S/c1-17-11-13-30(14-12-17)35(33,34)25-19(3)29-31(20(25)4)16-21-5-7-22(8-6-21)26(32)28-24-10-9-23(27)15-18(24)2/h5-10,15,17H,11-14,16H2,1-4H3,(H,28,32). The van der Waals surface area contributed by atoms with Crippen LogP contribution in [-0.4, -0.2) is 41.5 Å². The van der Waals surface area contributed by atoms with Crippen LogP contribution in [0.3, 0.4) is 0 Å². The monoisotopic (exact) mass is 498 g/mol. The topological polar surface area (TPSA) is 84.3 Å². The molecule has 3 aromatic rings. The SMILES string of the molecule is Cc1cc(F)ccc1NC(=O)c1ccc(Cn2nc(C)c(S(=O)(=O)N3CCC(C)CC3)c2C)cc1.